The van der Waals surface area contributed by atoms with Gasteiger partial charge in [-0.1, -0.05) is 6.92 Å². The van der Waals surface area contributed by atoms with E-state index in [2.05, 4.69) is 6.92 Å². The van der Waals surface area contributed by atoms with Crippen LogP contribution < -0.4 is 0 Å². The number of carbonyl (C=O) groups is 1. The van der Waals surface area contributed by atoms with Crippen molar-refractivity contribution in [1.82, 2.24) is 0 Å². The first-order valence-electron chi connectivity index (χ1n) is 2.32. The van der Waals surface area contributed by atoms with E-state index in [0.29, 0.717) is 0 Å². The van der Waals surface area contributed by atoms with Crippen LogP contribution in [0.3, 0.4) is 0 Å². The van der Waals surface area contributed by atoms with Gasteiger partial charge in [0.15, 0.2) is 5.60 Å². The van der Waals surface area contributed by atoms with Crippen molar-refractivity contribution < 1.29 is 15.0 Å². The molecular formula is C5H10NaO3. The molecule has 1 radical (unpaired) electrons. The van der Waals surface area contributed by atoms with Gasteiger partial charge in [0, 0.05) is 0 Å². The van der Waals surface area contributed by atoms with Gasteiger partial charge in [-0.3, -0.25) is 0 Å². The van der Waals surface area contributed by atoms with E-state index in [1.165, 1.54) is 0 Å². The van der Waals surface area contributed by atoms with Crippen molar-refractivity contribution in [3.05, 3.63) is 6.92 Å². The Balaban J connectivity index is 0. The van der Waals surface area contributed by atoms with Crippen LogP contribution in [0.5, 0.6) is 0 Å². The monoisotopic (exact) mass is 141 g/mol. The molecule has 0 aromatic carbocycles. The second-order valence-electron chi connectivity index (χ2n) is 1.69. The van der Waals surface area contributed by atoms with Gasteiger partial charge in [0.05, 0.1) is 0 Å². The molecule has 0 saturated carbocycles. The summed E-state index contributed by atoms with van der Waals surface area (Å²) in [6.07, 6.45) is 0.127. The van der Waals surface area contributed by atoms with E-state index in [4.69, 9.17) is 10.2 Å². The Morgan fingerprint density at radius 3 is 2.11 bits per heavy atom. The third-order valence-corrected chi connectivity index (χ3v) is 0.983. The standard InChI is InChI=1S/C5H9O3.Na.H/c1-3-5(2,8)4(6)7;;/h8H,2-3H2,1H3,(H,6,7);;. The molecule has 0 aromatic rings. The summed E-state index contributed by atoms with van der Waals surface area (Å²) in [5, 5.41) is 16.8. The van der Waals surface area contributed by atoms with Crippen molar-refractivity contribution in [1.29, 1.82) is 0 Å². The zero-order valence-corrected chi connectivity index (χ0v) is 4.72. The van der Waals surface area contributed by atoms with Crippen molar-refractivity contribution in [3.8, 4) is 0 Å². The quantitative estimate of drug-likeness (QED) is 0.505. The number of carboxylic acid groups (broad SMARTS) is 1. The van der Waals surface area contributed by atoms with Crippen LogP contribution in [0.4, 0.5) is 0 Å². The normalized spacial score (nSPS) is 15.4. The first kappa shape index (κ1) is 12.1. The van der Waals surface area contributed by atoms with Crippen LogP contribution in [-0.4, -0.2) is 51.3 Å². The van der Waals surface area contributed by atoms with Crippen LogP contribution >= 0.6 is 0 Å². The van der Waals surface area contributed by atoms with Gasteiger partial charge in [-0.25, -0.2) is 4.79 Å². The number of hydrogen-bond acceptors (Lipinski definition) is 2. The molecule has 0 fully saturated rings. The Morgan fingerprint density at radius 2 is 2.11 bits per heavy atom. The van der Waals surface area contributed by atoms with E-state index >= 15 is 0 Å². The van der Waals surface area contributed by atoms with Gasteiger partial charge in [-0.2, -0.15) is 0 Å². The molecule has 0 saturated heterocycles. The first-order valence-corrected chi connectivity index (χ1v) is 2.32. The summed E-state index contributed by atoms with van der Waals surface area (Å²) in [4.78, 5) is 9.94. The SMILES string of the molecule is [CH2]C(O)(CC)C(=O)O.[NaH]. The van der Waals surface area contributed by atoms with Gasteiger partial charge in [0.2, 0.25) is 0 Å². The number of hydrogen-bond donors (Lipinski definition) is 2. The minimum absolute atomic E-state index is 0. The van der Waals surface area contributed by atoms with E-state index in [1.807, 2.05) is 0 Å². The second kappa shape index (κ2) is 4.28. The summed E-state index contributed by atoms with van der Waals surface area (Å²) in [7, 11) is 0. The molecule has 9 heavy (non-hydrogen) atoms. The number of rotatable bonds is 2. The maximum absolute atomic E-state index is 9.94. The van der Waals surface area contributed by atoms with Crippen LogP contribution in [0.2, 0.25) is 0 Å². The summed E-state index contributed by atoms with van der Waals surface area (Å²) in [5.74, 6) is -1.28. The first-order chi connectivity index (χ1) is 3.50. The average molecular weight is 141 g/mol. The number of aliphatic carboxylic acids is 1. The van der Waals surface area contributed by atoms with Crippen molar-refractivity contribution in [3.63, 3.8) is 0 Å². The fourth-order valence-corrected chi connectivity index (χ4v) is 0.151. The molecule has 0 rings (SSSR count). The topological polar surface area (TPSA) is 57.5 Å². The van der Waals surface area contributed by atoms with Crippen molar-refractivity contribution in [2.45, 2.75) is 18.9 Å². The molecule has 0 bridgehead atoms. The molecule has 0 amide bonds. The molecular weight excluding hydrogens is 131 g/mol. The third kappa shape index (κ3) is 3.92. The van der Waals surface area contributed by atoms with Gasteiger partial charge in [-0.05, 0) is 13.3 Å². The van der Waals surface area contributed by atoms with Gasteiger partial charge in [0.1, 0.15) is 0 Å². The van der Waals surface area contributed by atoms with E-state index < -0.39 is 11.6 Å². The summed E-state index contributed by atoms with van der Waals surface area (Å²) in [6.45, 7) is 4.60. The summed E-state index contributed by atoms with van der Waals surface area (Å²) in [5.41, 5.74) is -1.79. The average Bonchev–Trinajstić information content (AvgIpc) is 1.67. The predicted molar refractivity (Wildman–Crippen MR) is 35.4 cm³/mol. The zero-order chi connectivity index (χ0) is 6.78. The maximum atomic E-state index is 9.94. The number of carboxylic acids is 1. The molecule has 1 atom stereocenters. The fourth-order valence-electron chi connectivity index (χ4n) is 0.151. The molecule has 0 spiro atoms. The van der Waals surface area contributed by atoms with E-state index in [0.717, 1.165) is 0 Å². The van der Waals surface area contributed by atoms with Crippen molar-refractivity contribution in [2.75, 3.05) is 0 Å². The fraction of sp³-hybridized carbons (Fsp3) is 0.600. The Morgan fingerprint density at radius 1 is 1.78 bits per heavy atom. The van der Waals surface area contributed by atoms with Crippen molar-refractivity contribution in [2.24, 2.45) is 0 Å². The van der Waals surface area contributed by atoms with Gasteiger partial charge in [-0.15, -0.1) is 0 Å². The molecule has 0 aliphatic rings. The van der Waals surface area contributed by atoms with Crippen LogP contribution in [0.1, 0.15) is 13.3 Å². The third-order valence-electron chi connectivity index (χ3n) is 0.983. The molecule has 4 heteroatoms. The second-order valence-corrected chi connectivity index (χ2v) is 1.69. The Hall–Kier alpha value is 0.430. The number of aliphatic hydroxyl groups is 1. The molecule has 0 heterocycles. The molecule has 0 aliphatic heterocycles. The van der Waals surface area contributed by atoms with Crippen LogP contribution in [0.25, 0.3) is 0 Å². The Bertz CT molecular complexity index is 100. The molecule has 3 nitrogen and oxygen atoms in total. The summed E-state index contributed by atoms with van der Waals surface area (Å²) in [6, 6.07) is 0. The van der Waals surface area contributed by atoms with Crippen LogP contribution in [-0.2, 0) is 4.79 Å². The zero-order valence-electron chi connectivity index (χ0n) is 4.72. The van der Waals surface area contributed by atoms with E-state index in [-0.39, 0.29) is 36.0 Å². The molecule has 49 valence electrons. The van der Waals surface area contributed by atoms with Crippen molar-refractivity contribution >= 4 is 35.5 Å². The van der Waals surface area contributed by atoms with E-state index in [9.17, 15) is 4.79 Å². The van der Waals surface area contributed by atoms with Gasteiger partial charge < -0.3 is 10.2 Å². The van der Waals surface area contributed by atoms with Crippen LogP contribution in [0.15, 0.2) is 0 Å². The summed E-state index contributed by atoms with van der Waals surface area (Å²) >= 11 is 0. The van der Waals surface area contributed by atoms with E-state index in [1.54, 1.807) is 6.92 Å². The Labute approximate surface area is 76.4 Å². The minimum atomic E-state index is -1.79. The van der Waals surface area contributed by atoms with Gasteiger partial charge >= 0.3 is 35.5 Å². The molecule has 0 aromatic heterocycles. The van der Waals surface area contributed by atoms with Gasteiger partial charge in [0.25, 0.3) is 0 Å². The molecule has 1 unspecified atom stereocenters. The Kier molecular flexibility index (Phi) is 5.77. The molecule has 0 aliphatic carbocycles. The molecule has 2 N–H and O–H groups in total. The predicted octanol–water partition coefficient (Wildman–Crippen LogP) is -0.602. The van der Waals surface area contributed by atoms with Crippen LogP contribution in [0, 0.1) is 6.92 Å². The summed E-state index contributed by atoms with van der Waals surface area (Å²) < 4.78 is 0.